The first-order valence-corrected chi connectivity index (χ1v) is 17.5. The smallest absolute Gasteiger partial charge is 0.324 e. The summed E-state index contributed by atoms with van der Waals surface area (Å²) in [6, 6.07) is 12.5. The van der Waals surface area contributed by atoms with Crippen LogP contribution in [0.25, 0.3) is 0 Å². The van der Waals surface area contributed by atoms with Crippen LogP contribution in [0.3, 0.4) is 0 Å². The zero-order chi connectivity index (χ0) is 38.2. The number of aliphatic hydroxyl groups excluding tert-OH is 1. The molecule has 0 aliphatic heterocycles. The fourth-order valence-electron chi connectivity index (χ4n) is 5.35. The number of nitrogens with one attached hydrogen (secondary N) is 4. The van der Waals surface area contributed by atoms with Gasteiger partial charge in [0.1, 0.15) is 24.2 Å². The Morgan fingerprint density at radius 2 is 1.22 bits per heavy atom. The summed E-state index contributed by atoms with van der Waals surface area (Å²) in [5.74, 6) is -2.68. The number of amides is 7. The highest BCUT2D eigenvalue weighted by Crippen LogP contribution is 2.13. The van der Waals surface area contributed by atoms with E-state index in [1.165, 1.54) is 32.8 Å². The predicted molar refractivity (Wildman–Crippen MR) is 195 cm³/mol. The van der Waals surface area contributed by atoms with Crippen LogP contribution in [0.2, 0.25) is 0 Å². The normalized spacial score (nSPS) is 14.0. The average molecular weight is 709 g/mol. The second-order valence-corrected chi connectivity index (χ2v) is 13.8. The molecule has 2 aromatic rings. The van der Waals surface area contributed by atoms with Crippen molar-refractivity contribution >= 4 is 35.6 Å². The standard InChI is InChI=1S/C38H56N6O7/c1-24(2)19-20-39-35(48)32(23-29-17-13-10-14-18-29)44(8)38(51)42-34(47)30(22-28-15-11-9-12-16-28)40-37(50)33(26(5)45)41-36(49)31(21-25(3)4)43(7)27(6)46/h9-18,24-26,30-33,45H,19-23H2,1-8H3,(H,39,48)(H,40,50)(H,41,49)(H,42,47,51)/t26-,30+,31+,32+,33+/m1/s1. The lowest BCUT2D eigenvalue weighted by Crippen LogP contribution is -2.61. The van der Waals surface area contributed by atoms with Crippen molar-refractivity contribution in [2.75, 3.05) is 20.6 Å². The van der Waals surface area contributed by atoms with Gasteiger partial charge in [-0.2, -0.15) is 0 Å². The minimum atomic E-state index is -1.48. The van der Waals surface area contributed by atoms with Crippen LogP contribution >= 0.6 is 0 Å². The van der Waals surface area contributed by atoms with Crippen LogP contribution in [0.15, 0.2) is 60.7 Å². The molecular formula is C38H56N6O7. The van der Waals surface area contributed by atoms with Crippen molar-refractivity contribution in [1.29, 1.82) is 0 Å². The zero-order valence-corrected chi connectivity index (χ0v) is 31.1. The molecule has 0 aliphatic rings. The Labute approximate surface area is 301 Å². The Bertz CT molecular complexity index is 1450. The molecule has 13 heteroatoms. The van der Waals surface area contributed by atoms with Crippen LogP contribution in [-0.2, 0) is 36.8 Å². The Kier molecular flexibility index (Phi) is 17.3. The maximum atomic E-state index is 13.7. The topological polar surface area (TPSA) is 177 Å². The predicted octanol–water partition coefficient (Wildman–Crippen LogP) is 2.41. The first-order valence-electron chi connectivity index (χ1n) is 17.5. The van der Waals surface area contributed by atoms with Gasteiger partial charge in [-0.3, -0.25) is 29.3 Å². The molecule has 0 aromatic heterocycles. The summed E-state index contributed by atoms with van der Waals surface area (Å²) in [6.07, 6.45) is -0.146. The van der Waals surface area contributed by atoms with Crippen molar-refractivity contribution in [3.8, 4) is 0 Å². The highest BCUT2D eigenvalue weighted by atomic mass is 16.3. The van der Waals surface area contributed by atoms with Crippen molar-refractivity contribution in [3.05, 3.63) is 71.8 Å². The number of aliphatic hydroxyl groups is 1. The van der Waals surface area contributed by atoms with E-state index in [0.29, 0.717) is 24.4 Å². The minimum Gasteiger partial charge on any atom is -0.391 e. The zero-order valence-electron chi connectivity index (χ0n) is 31.1. The van der Waals surface area contributed by atoms with Gasteiger partial charge in [0.25, 0.3) is 5.91 Å². The Hall–Kier alpha value is -4.78. The van der Waals surface area contributed by atoms with Crippen LogP contribution in [0, 0.1) is 11.8 Å². The number of rotatable bonds is 18. The van der Waals surface area contributed by atoms with E-state index in [1.807, 2.05) is 58.0 Å². The van der Waals surface area contributed by atoms with Crippen LogP contribution in [0.5, 0.6) is 0 Å². The van der Waals surface area contributed by atoms with Gasteiger partial charge in [0.2, 0.25) is 23.6 Å². The first-order chi connectivity index (χ1) is 24.0. The molecule has 0 saturated carbocycles. The van der Waals surface area contributed by atoms with Gasteiger partial charge in [-0.15, -0.1) is 0 Å². The summed E-state index contributed by atoms with van der Waals surface area (Å²) in [7, 11) is 2.91. The van der Waals surface area contributed by atoms with Crippen molar-refractivity contribution in [2.45, 2.75) is 97.5 Å². The molecule has 5 N–H and O–H groups in total. The number of benzene rings is 2. The Morgan fingerprint density at radius 1 is 0.667 bits per heavy atom. The van der Waals surface area contributed by atoms with E-state index in [0.717, 1.165) is 16.9 Å². The van der Waals surface area contributed by atoms with Crippen molar-refractivity contribution < 1.29 is 33.9 Å². The van der Waals surface area contributed by atoms with Crippen molar-refractivity contribution in [3.63, 3.8) is 0 Å². The molecule has 51 heavy (non-hydrogen) atoms. The maximum absolute atomic E-state index is 13.7. The van der Waals surface area contributed by atoms with E-state index in [9.17, 15) is 33.9 Å². The molecule has 0 aliphatic carbocycles. The third-order valence-electron chi connectivity index (χ3n) is 8.55. The summed E-state index contributed by atoms with van der Waals surface area (Å²) in [5, 5.41) is 21.0. The highest BCUT2D eigenvalue weighted by Gasteiger charge is 2.35. The van der Waals surface area contributed by atoms with E-state index in [4.69, 9.17) is 0 Å². The highest BCUT2D eigenvalue weighted by molar-refractivity contribution is 6.01. The lowest BCUT2D eigenvalue weighted by atomic mass is 10.0. The summed E-state index contributed by atoms with van der Waals surface area (Å²) in [4.78, 5) is 82.2. The lowest BCUT2D eigenvalue weighted by Gasteiger charge is -2.31. The molecule has 0 radical (unpaired) electrons. The van der Waals surface area contributed by atoms with Gasteiger partial charge in [-0.25, -0.2) is 4.79 Å². The molecule has 0 fully saturated rings. The van der Waals surface area contributed by atoms with Crippen LogP contribution in [0.4, 0.5) is 4.79 Å². The fourth-order valence-corrected chi connectivity index (χ4v) is 5.35. The minimum absolute atomic E-state index is 0.0257. The quantitative estimate of drug-likeness (QED) is 0.158. The number of nitrogens with zero attached hydrogens (tertiary/aromatic N) is 2. The van der Waals surface area contributed by atoms with E-state index in [-0.39, 0.29) is 30.6 Å². The number of carbonyl (C=O) groups excluding carboxylic acids is 6. The largest absolute Gasteiger partial charge is 0.391 e. The van der Waals surface area contributed by atoms with E-state index in [2.05, 4.69) is 21.3 Å². The SMILES string of the molecule is CC(=O)N(C)[C@@H](CC(C)C)C(=O)N[C@H](C(=O)N[C@@H](Cc1ccccc1)C(=O)NC(=O)N(C)[C@@H](Cc1ccccc1)C(=O)NCCC(C)C)[C@@H](C)O. The van der Waals surface area contributed by atoms with Crippen molar-refractivity contribution in [1.82, 2.24) is 31.1 Å². The van der Waals surface area contributed by atoms with E-state index < -0.39 is 54.0 Å². The third-order valence-corrected chi connectivity index (χ3v) is 8.55. The molecule has 2 rings (SSSR count). The van der Waals surface area contributed by atoms with E-state index >= 15 is 0 Å². The lowest BCUT2D eigenvalue weighted by molar-refractivity contribution is -0.140. The number of hydrogen-bond acceptors (Lipinski definition) is 7. The molecule has 7 amide bonds. The summed E-state index contributed by atoms with van der Waals surface area (Å²) in [5.41, 5.74) is 1.49. The molecule has 0 bridgehead atoms. The van der Waals surface area contributed by atoms with Gasteiger partial charge < -0.3 is 30.9 Å². The number of urea groups is 1. The van der Waals surface area contributed by atoms with Gasteiger partial charge in [0, 0.05) is 40.4 Å². The third kappa shape index (κ3) is 14.2. The maximum Gasteiger partial charge on any atom is 0.324 e. The molecule has 2 aromatic carbocycles. The van der Waals surface area contributed by atoms with Crippen LogP contribution < -0.4 is 21.3 Å². The monoisotopic (exact) mass is 708 g/mol. The second-order valence-electron chi connectivity index (χ2n) is 13.8. The van der Waals surface area contributed by atoms with Gasteiger partial charge in [-0.1, -0.05) is 88.4 Å². The molecular weight excluding hydrogens is 652 g/mol. The summed E-state index contributed by atoms with van der Waals surface area (Å²) < 4.78 is 0. The van der Waals surface area contributed by atoms with Gasteiger partial charge in [0.05, 0.1) is 6.10 Å². The second kappa shape index (κ2) is 20.8. The number of carbonyl (C=O) groups is 6. The molecule has 0 heterocycles. The van der Waals surface area contributed by atoms with Crippen LogP contribution in [-0.4, -0.2) is 101 Å². The van der Waals surface area contributed by atoms with Gasteiger partial charge in [-0.05, 0) is 42.7 Å². The Morgan fingerprint density at radius 3 is 1.71 bits per heavy atom. The summed E-state index contributed by atoms with van der Waals surface area (Å²) >= 11 is 0. The average Bonchev–Trinajstić information content (AvgIpc) is 3.07. The molecule has 13 nitrogen and oxygen atoms in total. The van der Waals surface area contributed by atoms with Crippen LogP contribution in [0.1, 0.15) is 65.5 Å². The molecule has 280 valence electrons. The van der Waals surface area contributed by atoms with Gasteiger partial charge in [0.15, 0.2) is 0 Å². The number of hydrogen-bond donors (Lipinski definition) is 5. The summed E-state index contributed by atoms with van der Waals surface area (Å²) in [6.45, 7) is 10.9. The van der Waals surface area contributed by atoms with Gasteiger partial charge >= 0.3 is 6.03 Å². The number of likely N-dealkylation sites (N-methyl/N-ethyl adjacent to an activating group) is 2. The molecule has 0 spiro atoms. The number of imide groups is 1. The molecule has 0 unspecified atom stereocenters. The molecule has 5 atom stereocenters. The van der Waals surface area contributed by atoms with E-state index in [1.54, 1.807) is 30.3 Å². The van der Waals surface area contributed by atoms with Crippen molar-refractivity contribution in [2.24, 2.45) is 11.8 Å². The fraction of sp³-hybridized carbons (Fsp3) is 0.526. The first kappa shape index (κ1) is 42.4. The molecule has 0 saturated heterocycles. The Balaban J connectivity index is 2.32.